The van der Waals surface area contributed by atoms with Gasteiger partial charge < -0.3 is 5.43 Å². The average molecular weight is 259 g/mol. The van der Waals surface area contributed by atoms with E-state index in [1.54, 1.807) is 0 Å². The lowest BCUT2D eigenvalue weighted by atomic mass is 10.1. The van der Waals surface area contributed by atoms with E-state index in [9.17, 15) is 0 Å². The van der Waals surface area contributed by atoms with Gasteiger partial charge in [-0.2, -0.15) is 0 Å². The number of aromatic nitrogens is 2. The summed E-state index contributed by atoms with van der Waals surface area (Å²) >= 11 is 0. The molecule has 0 aliphatic carbocycles. The topological polar surface area (TPSA) is 29.9 Å². The van der Waals surface area contributed by atoms with E-state index in [2.05, 4.69) is 29.5 Å². The number of imidazole rings is 1. The predicted octanol–water partition coefficient (Wildman–Crippen LogP) is 4.33. The van der Waals surface area contributed by atoms with Crippen LogP contribution in [-0.2, 0) is 0 Å². The van der Waals surface area contributed by atoms with Gasteiger partial charge in [-0.25, -0.2) is 9.66 Å². The number of hydrogen-bond donors (Lipinski definition) is 1. The van der Waals surface area contributed by atoms with Crippen LogP contribution in [0.25, 0.3) is 11.0 Å². The van der Waals surface area contributed by atoms with Crippen molar-refractivity contribution in [2.75, 3.05) is 12.0 Å². The van der Waals surface area contributed by atoms with E-state index in [0.29, 0.717) is 0 Å². The minimum Gasteiger partial charge on any atom is -0.324 e. The molecule has 0 saturated heterocycles. The molecule has 0 fully saturated rings. The third-order valence-electron chi connectivity index (χ3n) is 3.52. The molecule has 1 heterocycles. The van der Waals surface area contributed by atoms with Gasteiger partial charge in [0.15, 0.2) is 0 Å². The van der Waals surface area contributed by atoms with Crippen LogP contribution in [0.4, 0.5) is 0 Å². The highest BCUT2D eigenvalue weighted by molar-refractivity contribution is 5.75. The normalized spacial score (nSPS) is 11.0. The molecule has 0 unspecified atom stereocenters. The van der Waals surface area contributed by atoms with Gasteiger partial charge in [0.1, 0.15) is 6.33 Å². The Balaban J connectivity index is 1.63. The number of fused-ring (bicyclic) bond motifs is 1. The maximum atomic E-state index is 4.37. The number of hydrogen-bond acceptors (Lipinski definition) is 2. The number of benzene rings is 1. The van der Waals surface area contributed by atoms with Crippen molar-refractivity contribution in [1.82, 2.24) is 9.66 Å². The molecule has 19 heavy (non-hydrogen) atoms. The second-order valence-corrected chi connectivity index (χ2v) is 5.13. The fraction of sp³-hybridized carbons (Fsp3) is 0.562. The van der Waals surface area contributed by atoms with Gasteiger partial charge in [-0.15, -0.1) is 0 Å². The van der Waals surface area contributed by atoms with Crippen LogP contribution in [-0.4, -0.2) is 16.2 Å². The molecule has 0 amide bonds. The Hall–Kier alpha value is -1.51. The molecule has 0 aliphatic rings. The van der Waals surface area contributed by atoms with Gasteiger partial charge in [-0.1, -0.05) is 57.6 Å². The molecule has 0 aliphatic heterocycles. The Morgan fingerprint density at radius 2 is 1.74 bits per heavy atom. The minimum atomic E-state index is 1.02. The van der Waals surface area contributed by atoms with Gasteiger partial charge in [0, 0.05) is 6.54 Å². The highest BCUT2D eigenvalue weighted by Crippen LogP contribution is 2.10. The molecule has 2 aromatic rings. The Kier molecular flexibility index (Phi) is 5.73. The van der Waals surface area contributed by atoms with Gasteiger partial charge in [0.25, 0.3) is 0 Å². The van der Waals surface area contributed by atoms with Crippen LogP contribution in [0.15, 0.2) is 30.6 Å². The molecule has 0 saturated carbocycles. The van der Waals surface area contributed by atoms with Crippen molar-refractivity contribution in [2.45, 2.75) is 51.9 Å². The molecule has 0 atom stereocenters. The Bertz CT molecular complexity index is 476. The first kappa shape index (κ1) is 13.9. The summed E-state index contributed by atoms with van der Waals surface area (Å²) in [6.45, 7) is 3.29. The largest absolute Gasteiger partial charge is 0.324 e. The summed E-state index contributed by atoms with van der Waals surface area (Å²) in [4.78, 5) is 4.37. The standard InChI is InChI=1S/C16H25N3/c1-2-3-4-5-6-7-10-13-18-19-14-17-15-11-8-9-12-16(15)19/h8-9,11-12,14,18H,2-7,10,13H2,1H3. The quantitative estimate of drug-likeness (QED) is 0.679. The molecule has 0 bridgehead atoms. The molecule has 0 radical (unpaired) electrons. The van der Waals surface area contributed by atoms with E-state index in [1.165, 1.54) is 44.9 Å². The first-order valence-corrected chi connectivity index (χ1v) is 7.58. The minimum absolute atomic E-state index is 1.02. The second-order valence-electron chi connectivity index (χ2n) is 5.13. The zero-order valence-corrected chi connectivity index (χ0v) is 11.9. The molecular weight excluding hydrogens is 234 g/mol. The highest BCUT2D eigenvalue weighted by Gasteiger charge is 1.99. The van der Waals surface area contributed by atoms with E-state index < -0.39 is 0 Å². The predicted molar refractivity (Wildman–Crippen MR) is 82.0 cm³/mol. The molecule has 3 heteroatoms. The third-order valence-corrected chi connectivity index (χ3v) is 3.52. The van der Waals surface area contributed by atoms with Gasteiger partial charge in [-0.05, 0) is 18.6 Å². The molecule has 1 N–H and O–H groups in total. The highest BCUT2D eigenvalue weighted by atomic mass is 15.4. The fourth-order valence-electron chi connectivity index (χ4n) is 2.37. The molecule has 1 aromatic carbocycles. The first-order chi connectivity index (χ1) is 9.42. The van der Waals surface area contributed by atoms with E-state index in [0.717, 1.165) is 17.6 Å². The lowest BCUT2D eigenvalue weighted by Gasteiger charge is -2.08. The molecule has 0 spiro atoms. The Morgan fingerprint density at radius 1 is 1.00 bits per heavy atom. The van der Waals surface area contributed by atoms with Gasteiger partial charge >= 0.3 is 0 Å². The summed E-state index contributed by atoms with van der Waals surface area (Å²) in [5.74, 6) is 0. The van der Waals surface area contributed by atoms with Crippen molar-refractivity contribution < 1.29 is 0 Å². The molecule has 2 rings (SSSR count). The summed E-state index contributed by atoms with van der Waals surface area (Å²) in [6, 6.07) is 8.22. The summed E-state index contributed by atoms with van der Waals surface area (Å²) in [5, 5.41) is 0. The van der Waals surface area contributed by atoms with Crippen molar-refractivity contribution in [3.8, 4) is 0 Å². The molecule has 3 nitrogen and oxygen atoms in total. The molecule has 104 valence electrons. The van der Waals surface area contributed by atoms with Crippen molar-refractivity contribution in [1.29, 1.82) is 0 Å². The average Bonchev–Trinajstić information content (AvgIpc) is 2.85. The Labute approximate surface area is 116 Å². The monoisotopic (exact) mass is 259 g/mol. The summed E-state index contributed by atoms with van der Waals surface area (Å²) in [6.07, 6.45) is 11.3. The SMILES string of the molecule is CCCCCCCCCNn1cnc2ccccc21. The van der Waals surface area contributed by atoms with E-state index in [1.807, 2.05) is 23.1 Å². The van der Waals surface area contributed by atoms with Crippen molar-refractivity contribution >= 4 is 11.0 Å². The zero-order chi connectivity index (χ0) is 13.3. The van der Waals surface area contributed by atoms with Crippen molar-refractivity contribution in [2.24, 2.45) is 0 Å². The van der Waals surface area contributed by atoms with Crippen molar-refractivity contribution in [3.63, 3.8) is 0 Å². The van der Waals surface area contributed by atoms with Gasteiger partial charge in [0.2, 0.25) is 0 Å². The lowest BCUT2D eigenvalue weighted by molar-refractivity contribution is 0.590. The van der Waals surface area contributed by atoms with Crippen LogP contribution in [0.3, 0.4) is 0 Å². The van der Waals surface area contributed by atoms with Crippen LogP contribution < -0.4 is 5.43 Å². The summed E-state index contributed by atoms with van der Waals surface area (Å²) < 4.78 is 2.03. The number of rotatable bonds is 9. The van der Waals surface area contributed by atoms with Gasteiger partial charge in [0.05, 0.1) is 11.0 Å². The number of unbranched alkanes of at least 4 members (excludes halogenated alkanes) is 6. The number of nitrogens with zero attached hydrogens (tertiary/aromatic N) is 2. The maximum absolute atomic E-state index is 4.37. The Morgan fingerprint density at radius 3 is 2.58 bits per heavy atom. The lowest BCUT2D eigenvalue weighted by Crippen LogP contribution is -2.14. The van der Waals surface area contributed by atoms with E-state index >= 15 is 0 Å². The van der Waals surface area contributed by atoms with Gasteiger partial charge in [-0.3, -0.25) is 0 Å². The maximum Gasteiger partial charge on any atom is 0.115 e. The molecule has 1 aromatic heterocycles. The summed E-state index contributed by atoms with van der Waals surface area (Å²) in [7, 11) is 0. The third kappa shape index (κ3) is 4.27. The fourth-order valence-corrected chi connectivity index (χ4v) is 2.37. The van der Waals surface area contributed by atoms with Crippen LogP contribution in [0.5, 0.6) is 0 Å². The second kappa shape index (κ2) is 7.82. The van der Waals surface area contributed by atoms with E-state index in [-0.39, 0.29) is 0 Å². The van der Waals surface area contributed by atoms with E-state index in [4.69, 9.17) is 0 Å². The van der Waals surface area contributed by atoms with Crippen LogP contribution in [0.2, 0.25) is 0 Å². The van der Waals surface area contributed by atoms with Crippen LogP contribution in [0.1, 0.15) is 51.9 Å². The number of para-hydroxylation sites is 2. The smallest absolute Gasteiger partial charge is 0.115 e. The first-order valence-electron chi connectivity index (χ1n) is 7.58. The molecular formula is C16H25N3. The summed E-state index contributed by atoms with van der Waals surface area (Å²) in [5.41, 5.74) is 5.63. The van der Waals surface area contributed by atoms with Crippen molar-refractivity contribution in [3.05, 3.63) is 30.6 Å². The van der Waals surface area contributed by atoms with Crippen LogP contribution in [0, 0.1) is 0 Å². The number of nitrogens with one attached hydrogen (secondary N) is 1. The van der Waals surface area contributed by atoms with Crippen LogP contribution >= 0.6 is 0 Å². The zero-order valence-electron chi connectivity index (χ0n) is 11.9.